The summed E-state index contributed by atoms with van der Waals surface area (Å²) in [6.07, 6.45) is 4.61. The minimum atomic E-state index is -1.11. The molecule has 0 aliphatic heterocycles. The first kappa shape index (κ1) is 26.5. The van der Waals surface area contributed by atoms with Gasteiger partial charge in [-0.2, -0.15) is 0 Å². The molecule has 38 heavy (non-hydrogen) atoms. The van der Waals surface area contributed by atoms with E-state index in [-0.39, 0.29) is 35.7 Å². The van der Waals surface area contributed by atoms with Crippen LogP contribution in [0.2, 0.25) is 0 Å². The van der Waals surface area contributed by atoms with Crippen molar-refractivity contribution in [2.24, 2.45) is 0 Å². The van der Waals surface area contributed by atoms with Crippen LogP contribution in [-0.2, 0) is 16.0 Å². The molecule has 3 aromatic rings. The highest BCUT2D eigenvalue weighted by Crippen LogP contribution is 2.27. The third-order valence-electron chi connectivity index (χ3n) is 6.12. The second-order valence-corrected chi connectivity index (χ2v) is 8.88. The molecule has 0 radical (unpaired) electrons. The first-order valence-electron chi connectivity index (χ1n) is 12.3. The molecule has 1 aliphatic carbocycles. The van der Waals surface area contributed by atoms with Crippen molar-refractivity contribution < 1.29 is 33.7 Å². The van der Waals surface area contributed by atoms with Crippen molar-refractivity contribution in [1.29, 1.82) is 0 Å². The number of aromatic carboxylic acids is 1. The Morgan fingerprint density at radius 2 is 1.66 bits per heavy atom. The maximum absolute atomic E-state index is 12.4. The minimum Gasteiger partial charge on any atom is -0.490 e. The van der Waals surface area contributed by atoms with E-state index in [4.69, 9.17) is 9.47 Å². The van der Waals surface area contributed by atoms with Crippen LogP contribution in [0.25, 0.3) is 0 Å². The lowest BCUT2D eigenvalue weighted by atomic mass is 9.93. The van der Waals surface area contributed by atoms with Crippen LogP contribution in [-0.4, -0.2) is 47.3 Å². The lowest BCUT2D eigenvalue weighted by Crippen LogP contribution is -2.39. The van der Waals surface area contributed by atoms with E-state index in [1.165, 1.54) is 13.2 Å². The minimum absolute atomic E-state index is 0.0273. The van der Waals surface area contributed by atoms with Crippen LogP contribution in [0.5, 0.6) is 17.4 Å². The van der Waals surface area contributed by atoms with Gasteiger partial charge in [0, 0.05) is 18.3 Å². The number of carbonyl (C=O) groups excluding carboxylic acids is 2. The van der Waals surface area contributed by atoms with Crippen LogP contribution < -0.4 is 20.1 Å². The number of para-hydroxylation sites is 1. The number of alkyl carbamates (subject to hydrolysis) is 1. The van der Waals surface area contributed by atoms with Crippen LogP contribution in [0.1, 0.15) is 41.6 Å². The number of anilines is 1. The predicted octanol–water partition coefficient (Wildman–Crippen LogP) is 4.80. The highest BCUT2D eigenvalue weighted by Gasteiger charge is 2.23. The van der Waals surface area contributed by atoms with Gasteiger partial charge in [0.1, 0.15) is 11.5 Å². The molecule has 198 valence electrons. The van der Waals surface area contributed by atoms with E-state index < -0.39 is 12.1 Å². The fourth-order valence-corrected chi connectivity index (χ4v) is 4.18. The molecule has 2 amide bonds. The Hall–Kier alpha value is -4.60. The number of methoxy groups -OCH3 is 1. The molecule has 0 bridgehead atoms. The molecule has 0 saturated heterocycles. The number of pyridine rings is 1. The van der Waals surface area contributed by atoms with Gasteiger partial charge >= 0.3 is 12.1 Å². The second-order valence-electron chi connectivity index (χ2n) is 8.88. The highest BCUT2D eigenvalue weighted by atomic mass is 16.5. The number of hydrogen-bond donors (Lipinski definition) is 3. The summed E-state index contributed by atoms with van der Waals surface area (Å²) in [6.45, 7) is 0. The summed E-state index contributed by atoms with van der Waals surface area (Å²) in [5.74, 6) is 0.237. The molecule has 1 aromatic heterocycles. The summed E-state index contributed by atoms with van der Waals surface area (Å²) in [6, 6.07) is 17.0. The molecule has 4 rings (SSSR count). The zero-order valence-corrected chi connectivity index (χ0v) is 20.9. The lowest BCUT2D eigenvalue weighted by Gasteiger charge is -2.29. The molecule has 1 saturated carbocycles. The number of ether oxygens (including phenoxy) is 3. The molecule has 0 atom stereocenters. The molecule has 1 fully saturated rings. The van der Waals surface area contributed by atoms with E-state index in [9.17, 15) is 19.5 Å². The lowest BCUT2D eigenvalue weighted by molar-refractivity contribution is -0.115. The molecule has 1 heterocycles. The van der Waals surface area contributed by atoms with E-state index in [1.54, 1.807) is 48.7 Å². The molecule has 10 nitrogen and oxygen atoms in total. The van der Waals surface area contributed by atoms with Gasteiger partial charge < -0.3 is 30.0 Å². The Bertz CT molecular complexity index is 1250. The maximum Gasteiger partial charge on any atom is 0.407 e. The number of nitrogens with zero attached hydrogens (tertiary/aromatic N) is 1. The summed E-state index contributed by atoms with van der Waals surface area (Å²) in [5, 5.41) is 14.7. The van der Waals surface area contributed by atoms with Gasteiger partial charge in [-0.15, -0.1) is 0 Å². The topological polar surface area (TPSA) is 136 Å². The molecule has 2 aromatic carbocycles. The average molecular weight is 520 g/mol. The van der Waals surface area contributed by atoms with E-state index in [2.05, 4.69) is 20.4 Å². The van der Waals surface area contributed by atoms with Gasteiger partial charge in [-0.05, 0) is 67.6 Å². The summed E-state index contributed by atoms with van der Waals surface area (Å²) >= 11 is 0. The number of rotatable bonds is 9. The Kier molecular flexibility index (Phi) is 8.76. The standard InChI is InChI=1S/C28H29N3O7/c1-36-28(35)30-19-7-9-20(10-8-19)37-21-11-13-22(14-12-21)38-26-15-6-18(17-29-26)16-25(32)31-24-5-3-2-4-23(24)27(33)34/h2-6,11-15,17,19-20H,7-10,16H2,1H3,(H,30,35)(H,31,32)(H,33,34). The summed E-state index contributed by atoms with van der Waals surface area (Å²) in [7, 11) is 1.36. The number of carboxylic acids is 1. The number of carbonyl (C=O) groups is 3. The Morgan fingerprint density at radius 3 is 2.32 bits per heavy atom. The van der Waals surface area contributed by atoms with Crippen molar-refractivity contribution in [3.8, 4) is 17.4 Å². The SMILES string of the molecule is COC(=O)NC1CCC(Oc2ccc(Oc3ccc(CC(=O)Nc4ccccc4C(=O)O)cn3)cc2)CC1. The molecule has 0 spiro atoms. The first-order valence-corrected chi connectivity index (χ1v) is 12.3. The molecule has 0 unspecified atom stereocenters. The molecule has 10 heteroatoms. The zero-order valence-electron chi connectivity index (χ0n) is 20.9. The van der Waals surface area contributed by atoms with Crippen molar-refractivity contribution in [3.63, 3.8) is 0 Å². The maximum atomic E-state index is 12.4. The van der Waals surface area contributed by atoms with Gasteiger partial charge in [-0.1, -0.05) is 18.2 Å². The summed E-state index contributed by atoms with van der Waals surface area (Å²) in [5.41, 5.74) is 0.927. The van der Waals surface area contributed by atoms with Crippen LogP contribution in [0.3, 0.4) is 0 Å². The quantitative estimate of drug-likeness (QED) is 0.367. The number of hydrogen-bond acceptors (Lipinski definition) is 7. The van der Waals surface area contributed by atoms with Crippen molar-refractivity contribution in [3.05, 3.63) is 78.0 Å². The molecule has 3 N–H and O–H groups in total. The fraction of sp³-hybridized carbons (Fsp3) is 0.286. The Morgan fingerprint density at radius 1 is 0.947 bits per heavy atom. The summed E-state index contributed by atoms with van der Waals surface area (Å²) < 4.78 is 16.5. The van der Waals surface area contributed by atoms with Gasteiger partial charge in [0.15, 0.2) is 0 Å². The first-order chi connectivity index (χ1) is 18.4. The molecule has 1 aliphatic rings. The number of benzene rings is 2. The number of amides is 2. The average Bonchev–Trinajstić information content (AvgIpc) is 2.92. The Labute approximate surface area is 219 Å². The van der Waals surface area contributed by atoms with Crippen molar-refractivity contribution in [2.45, 2.75) is 44.2 Å². The number of aromatic nitrogens is 1. The highest BCUT2D eigenvalue weighted by molar-refractivity contribution is 6.00. The van der Waals surface area contributed by atoms with Crippen LogP contribution in [0.4, 0.5) is 10.5 Å². The van der Waals surface area contributed by atoms with Gasteiger partial charge in [-0.3, -0.25) is 4.79 Å². The van der Waals surface area contributed by atoms with Gasteiger partial charge in [-0.25, -0.2) is 14.6 Å². The van der Waals surface area contributed by atoms with E-state index in [0.29, 0.717) is 17.2 Å². The third kappa shape index (κ3) is 7.45. The van der Waals surface area contributed by atoms with Gasteiger partial charge in [0.05, 0.1) is 30.9 Å². The normalized spacial score (nSPS) is 16.7. The monoisotopic (exact) mass is 519 g/mol. The van der Waals surface area contributed by atoms with E-state index >= 15 is 0 Å². The van der Waals surface area contributed by atoms with Crippen molar-refractivity contribution in [2.75, 3.05) is 12.4 Å². The smallest absolute Gasteiger partial charge is 0.407 e. The summed E-state index contributed by atoms with van der Waals surface area (Å²) in [4.78, 5) is 39.3. The van der Waals surface area contributed by atoms with Crippen LogP contribution >= 0.6 is 0 Å². The third-order valence-corrected chi connectivity index (χ3v) is 6.12. The largest absolute Gasteiger partial charge is 0.490 e. The van der Waals surface area contributed by atoms with E-state index in [0.717, 1.165) is 31.4 Å². The molecular formula is C28H29N3O7. The molecular weight excluding hydrogens is 490 g/mol. The second kappa shape index (κ2) is 12.6. The van der Waals surface area contributed by atoms with Crippen molar-refractivity contribution >= 4 is 23.7 Å². The van der Waals surface area contributed by atoms with Crippen molar-refractivity contribution in [1.82, 2.24) is 10.3 Å². The van der Waals surface area contributed by atoms with Gasteiger partial charge in [0.25, 0.3) is 0 Å². The Balaban J connectivity index is 1.24. The van der Waals surface area contributed by atoms with E-state index in [1.807, 2.05) is 12.1 Å². The number of nitrogens with one attached hydrogen (secondary N) is 2. The zero-order chi connectivity index (χ0) is 26.9. The van der Waals surface area contributed by atoms with Gasteiger partial charge in [0.2, 0.25) is 11.8 Å². The number of carboxylic acid groups (broad SMARTS) is 1. The predicted molar refractivity (Wildman–Crippen MR) is 139 cm³/mol. The van der Waals surface area contributed by atoms with Crippen LogP contribution in [0.15, 0.2) is 66.9 Å². The van der Waals surface area contributed by atoms with Crippen LogP contribution in [0, 0.1) is 0 Å². The fourth-order valence-electron chi connectivity index (χ4n) is 4.18.